The van der Waals surface area contributed by atoms with Gasteiger partial charge in [-0.25, -0.2) is 4.98 Å². The Morgan fingerprint density at radius 1 is 1.15 bits per heavy atom. The van der Waals surface area contributed by atoms with Gasteiger partial charge in [-0.3, -0.25) is 4.79 Å². The molecule has 0 radical (unpaired) electrons. The maximum absolute atomic E-state index is 13.6. The van der Waals surface area contributed by atoms with E-state index in [4.69, 9.17) is 0 Å². The first-order valence-electron chi connectivity index (χ1n) is 7.71. The van der Waals surface area contributed by atoms with E-state index in [1.165, 1.54) is 0 Å². The molecule has 1 amide bonds. The second-order valence-electron chi connectivity index (χ2n) is 5.94. The van der Waals surface area contributed by atoms with Crippen LogP contribution in [-0.2, 0) is 10.4 Å². The molecule has 2 N–H and O–H groups in total. The minimum atomic E-state index is -5.05. The van der Waals surface area contributed by atoms with Crippen LogP contribution < -0.4 is 5.32 Å². The molecule has 0 fully saturated rings. The molecule has 0 saturated heterocycles. The van der Waals surface area contributed by atoms with Gasteiger partial charge in [-0.05, 0) is 31.2 Å². The van der Waals surface area contributed by atoms with Gasteiger partial charge in [0.05, 0.1) is 16.6 Å². The second kappa shape index (κ2) is 6.69. The van der Waals surface area contributed by atoms with Gasteiger partial charge in [0.2, 0.25) is 11.5 Å². The number of nitrogens with one attached hydrogen (secondary N) is 1. The first-order valence-corrected chi connectivity index (χ1v) is 8.52. The number of benzene rings is 2. The van der Waals surface area contributed by atoms with E-state index < -0.39 is 29.1 Å². The fourth-order valence-corrected chi connectivity index (χ4v) is 3.49. The predicted molar refractivity (Wildman–Crippen MR) is 94.0 cm³/mol. The van der Waals surface area contributed by atoms with Crippen molar-refractivity contribution in [2.75, 3.05) is 5.32 Å². The zero-order chi connectivity index (χ0) is 18.9. The number of aliphatic hydroxyl groups is 1. The first-order chi connectivity index (χ1) is 12.2. The van der Waals surface area contributed by atoms with Crippen molar-refractivity contribution in [3.05, 3.63) is 59.1 Å². The molecule has 0 unspecified atom stereocenters. The second-order valence-corrected chi connectivity index (χ2v) is 6.97. The largest absolute Gasteiger partial charge is 0.424 e. The van der Waals surface area contributed by atoms with Crippen LogP contribution in [0.15, 0.2) is 48.5 Å². The molecular weight excluding hydrogens is 365 g/mol. The summed E-state index contributed by atoms with van der Waals surface area (Å²) in [5, 5.41) is 12.2. The maximum Gasteiger partial charge on any atom is 0.424 e. The summed E-state index contributed by atoms with van der Waals surface area (Å²) >= 11 is 0.720. The Balaban J connectivity index is 1.90. The molecule has 26 heavy (non-hydrogen) atoms. The Labute approximate surface area is 151 Å². The van der Waals surface area contributed by atoms with Gasteiger partial charge in [0.1, 0.15) is 5.01 Å². The third-order valence-electron chi connectivity index (χ3n) is 3.87. The van der Waals surface area contributed by atoms with Crippen molar-refractivity contribution in [3.8, 4) is 0 Å². The lowest BCUT2D eigenvalue weighted by molar-refractivity contribution is -0.266. The number of thiazole rings is 1. The molecule has 1 atom stereocenters. The quantitative estimate of drug-likeness (QED) is 0.706. The standard InChI is InChI=1S/C18H15F3N2O2S/c1-11-6-8-12(9-7-11)22-15(24)10-17(25,18(19,20)21)16-23-13-4-2-3-5-14(13)26-16/h2-9,25H,10H2,1H3,(H,22,24)/t17-/m1/s1. The lowest BCUT2D eigenvalue weighted by atomic mass is 9.99. The molecule has 1 aromatic heterocycles. The zero-order valence-electron chi connectivity index (χ0n) is 13.7. The smallest absolute Gasteiger partial charge is 0.374 e. The van der Waals surface area contributed by atoms with Gasteiger partial charge in [0.15, 0.2) is 0 Å². The molecular formula is C18H15F3N2O2S. The summed E-state index contributed by atoms with van der Waals surface area (Å²) in [4.78, 5) is 16.0. The summed E-state index contributed by atoms with van der Waals surface area (Å²) in [6, 6.07) is 13.1. The Morgan fingerprint density at radius 2 is 1.81 bits per heavy atom. The molecule has 3 aromatic rings. The number of aromatic nitrogens is 1. The van der Waals surface area contributed by atoms with E-state index in [1.54, 1.807) is 48.5 Å². The molecule has 2 aromatic carbocycles. The average Bonchev–Trinajstić information content (AvgIpc) is 3.00. The fourth-order valence-electron chi connectivity index (χ4n) is 2.42. The molecule has 3 rings (SSSR count). The van der Waals surface area contributed by atoms with Crippen molar-refractivity contribution in [1.82, 2.24) is 4.98 Å². The minimum Gasteiger partial charge on any atom is -0.374 e. The number of fused-ring (bicyclic) bond motifs is 1. The summed E-state index contributed by atoms with van der Waals surface area (Å²) < 4.78 is 41.3. The Bertz CT molecular complexity index is 905. The van der Waals surface area contributed by atoms with Crippen LogP contribution in [0.1, 0.15) is 17.0 Å². The van der Waals surface area contributed by atoms with Crippen molar-refractivity contribution in [2.45, 2.75) is 25.1 Å². The Kier molecular flexibility index (Phi) is 4.72. The van der Waals surface area contributed by atoms with Crippen molar-refractivity contribution in [1.29, 1.82) is 0 Å². The van der Waals surface area contributed by atoms with Crippen molar-refractivity contribution < 1.29 is 23.1 Å². The molecule has 0 aliphatic carbocycles. The van der Waals surface area contributed by atoms with Gasteiger partial charge in [0.25, 0.3) is 0 Å². The van der Waals surface area contributed by atoms with Gasteiger partial charge in [-0.15, -0.1) is 11.3 Å². The van der Waals surface area contributed by atoms with Crippen molar-refractivity contribution in [3.63, 3.8) is 0 Å². The SMILES string of the molecule is Cc1ccc(NC(=O)C[C@@](O)(c2nc3ccccc3s2)C(F)(F)F)cc1. The average molecular weight is 380 g/mol. The van der Waals surface area contributed by atoms with E-state index in [9.17, 15) is 23.1 Å². The monoisotopic (exact) mass is 380 g/mol. The van der Waals surface area contributed by atoms with E-state index in [1.807, 2.05) is 6.92 Å². The highest BCUT2D eigenvalue weighted by atomic mass is 32.1. The molecule has 0 bridgehead atoms. The first kappa shape index (κ1) is 18.3. The highest BCUT2D eigenvalue weighted by Crippen LogP contribution is 2.44. The van der Waals surface area contributed by atoms with Gasteiger partial charge >= 0.3 is 6.18 Å². The van der Waals surface area contributed by atoms with Crippen LogP contribution in [0.3, 0.4) is 0 Å². The Hall–Kier alpha value is -2.45. The van der Waals surface area contributed by atoms with Gasteiger partial charge in [-0.2, -0.15) is 13.2 Å². The number of carbonyl (C=O) groups is 1. The summed E-state index contributed by atoms with van der Waals surface area (Å²) in [6.45, 7) is 1.85. The third kappa shape index (κ3) is 3.56. The lowest BCUT2D eigenvalue weighted by Gasteiger charge is -2.27. The van der Waals surface area contributed by atoms with Crippen LogP contribution in [0.25, 0.3) is 10.2 Å². The maximum atomic E-state index is 13.6. The van der Waals surface area contributed by atoms with Gasteiger partial charge in [0, 0.05) is 5.69 Å². The Morgan fingerprint density at radius 3 is 2.42 bits per heavy atom. The number of para-hydroxylation sites is 1. The van der Waals surface area contributed by atoms with E-state index in [-0.39, 0.29) is 0 Å². The molecule has 4 nitrogen and oxygen atoms in total. The molecule has 1 heterocycles. The number of aryl methyl sites for hydroxylation is 1. The summed E-state index contributed by atoms with van der Waals surface area (Å²) in [5.74, 6) is -0.951. The molecule has 0 aliphatic rings. The van der Waals surface area contributed by atoms with E-state index in [0.29, 0.717) is 15.9 Å². The van der Waals surface area contributed by atoms with Crippen LogP contribution >= 0.6 is 11.3 Å². The normalized spacial score (nSPS) is 14.2. The van der Waals surface area contributed by atoms with Crippen LogP contribution in [-0.4, -0.2) is 22.2 Å². The third-order valence-corrected chi connectivity index (χ3v) is 5.06. The zero-order valence-corrected chi connectivity index (χ0v) is 14.5. The van der Waals surface area contributed by atoms with Crippen LogP contribution in [0.4, 0.5) is 18.9 Å². The molecule has 8 heteroatoms. The molecule has 136 valence electrons. The predicted octanol–water partition coefficient (Wildman–Crippen LogP) is 4.38. The number of hydrogen-bond acceptors (Lipinski definition) is 4. The number of rotatable bonds is 4. The lowest BCUT2D eigenvalue weighted by Crippen LogP contribution is -2.45. The summed E-state index contributed by atoms with van der Waals surface area (Å²) in [6.07, 6.45) is -6.23. The molecule has 0 saturated carbocycles. The minimum absolute atomic E-state index is 0.342. The highest BCUT2D eigenvalue weighted by Gasteiger charge is 2.58. The number of hydrogen-bond donors (Lipinski definition) is 2. The highest BCUT2D eigenvalue weighted by molar-refractivity contribution is 7.18. The molecule has 0 aliphatic heterocycles. The van der Waals surface area contributed by atoms with E-state index in [2.05, 4.69) is 10.3 Å². The van der Waals surface area contributed by atoms with Crippen molar-refractivity contribution >= 4 is 33.1 Å². The van der Waals surface area contributed by atoms with E-state index >= 15 is 0 Å². The number of nitrogens with zero attached hydrogens (tertiary/aromatic N) is 1. The summed E-state index contributed by atoms with van der Waals surface area (Å²) in [7, 11) is 0. The van der Waals surface area contributed by atoms with Crippen molar-refractivity contribution in [2.24, 2.45) is 0 Å². The number of anilines is 1. The van der Waals surface area contributed by atoms with Gasteiger partial charge in [-0.1, -0.05) is 29.8 Å². The van der Waals surface area contributed by atoms with E-state index in [0.717, 1.165) is 16.9 Å². The van der Waals surface area contributed by atoms with Crippen LogP contribution in [0.5, 0.6) is 0 Å². The number of halogens is 3. The number of carbonyl (C=O) groups excluding carboxylic acids is 1. The van der Waals surface area contributed by atoms with Crippen LogP contribution in [0, 0.1) is 6.92 Å². The van der Waals surface area contributed by atoms with Gasteiger partial charge < -0.3 is 10.4 Å². The topological polar surface area (TPSA) is 62.2 Å². The number of alkyl halides is 3. The number of amides is 1. The summed E-state index contributed by atoms with van der Waals surface area (Å²) in [5.41, 5.74) is -1.71. The van der Waals surface area contributed by atoms with Crippen LogP contribution in [0.2, 0.25) is 0 Å². The molecule has 0 spiro atoms. The fraction of sp³-hybridized carbons (Fsp3) is 0.222.